The van der Waals surface area contributed by atoms with E-state index in [1.807, 2.05) is 0 Å². The van der Waals surface area contributed by atoms with Gasteiger partial charge in [0.1, 0.15) is 5.69 Å². The van der Waals surface area contributed by atoms with Crippen LogP contribution < -0.4 is 0 Å². The number of nitrogens with zero attached hydrogens (tertiary/aromatic N) is 3. The maximum Gasteiger partial charge on any atom is 0.361 e. The zero-order valence-corrected chi connectivity index (χ0v) is 16.1. The van der Waals surface area contributed by atoms with Gasteiger partial charge in [-0.25, -0.2) is 4.79 Å². The van der Waals surface area contributed by atoms with Crippen molar-refractivity contribution in [2.45, 2.75) is 47.1 Å². The first-order valence-corrected chi connectivity index (χ1v) is 9.40. The summed E-state index contributed by atoms with van der Waals surface area (Å²) in [6.07, 6.45) is 2.57. The average Bonchev–Trinajstić information content (AvgIpc) is 3.07. The third-order valence-corrected chi connectivity index (χ3v) is 5.07. The van der Waals surface area contributed by atoms with Gasteiger partial charge in [0.2, 0.25) is 0 Å². The lowest BCUT2D eigenvalue weighted by Gasteiger charge is -2.31. The van der Waals surface area contributed by atoms with Crippen LogP contribution in [0.2, 0.25) is 0 Å². The van der Waals surface area contributed by atoms with E-state index < -0.39 is 5.97 Å². The minimum Gasteiger partial charge on any atom is -0.461 e. The van der Waals surface area contributed by atoms with Crippen LogP contribution in [0.5, 0.6) is 0 Å². The van der Waals surface area contributed by atoms with E-state index in [-0.39, 0.29) is 5.69 Å². The molecule has 1 aliphatic rings. The standard InChI is InChI=1S/C20H28N4O2/c1-5-26-20(25)19-18(21-23-22-19)17-10-14(3)9-16(15(17)4)12-24-8-6-7-13(2)11-24/h9-10,13H,5-8,11-12H2,1-4H3,(H,21,22,23). The molecule has 0 spiro atoms. The van der Waals surface area contributed by atoms with Crippen LogP contribution in [-0.2, 0) is 11.3 Å². The maximum absolute atomic E-state index is 12.2. The summed E-state index contributed by atoms with van der Waals surface area (Å²) in [4.78, 5) is 14.7. The highest BCUT2D eigenvalue weighted by Gasteiger charge is 2.23. The SMILES string of the molecule is CCOC(=O)c1n[nH]nc1-c1cc(C)cc(CN2CCCC(C)C2)c1C. The van der Waals surface area contributed by atoms with Crippen LogP contribution in [0.3, 0.4) is 0 Å². The molecule has 0 radical (unpaired) electrons. The predicted octanol–water partition coefficient (Wildman–Crippen LogP) is 3.50. The first-order valence-electron chi connectivity index (χ1n) is 9.40. The molecule has 0 aliphatic carbocycles. The first-order chi connectivity index (χ1) is 12.5. The number of carbonyl (C=O) groups is 1. The van der Waals surface area contributed by atoms with Crippen LogP contribution in [0.4, 0.5) is 0 Å². The Morgan fingerprint density at radius 1 is 1.35 bits per heavy atom. The van der Waals surface area contributed by atoms with Gasteiger partial charge in [-0.15, -0.1) is 5.10 Å². The minimum absolute atomic E-state index is 0.248. The van der Waals surface area contributed by atoms with Gasteiger partial charge in [0.25, 0.3) is 0 Å². The highest BCUT2D eigenvalue weighted by Crippen LogP contribution is 2.29. The number of ether oxygens (including phenoxy) is 1. The van der Waals surface area contributed by atoms with Crippen LogP contribution in [0.15, 0.2) is 12.1 Å². The summed E-state index contributed by atoms with van der Waals surface area (Å²) in [5, 5.41) is 10.8. The molecule has 1 aliphatic heterocycles. The van der Waals surface area contributed by atoms with E-state index >= 15 is 0 Å². The van der Waals surface area contributed by atoms with Gasteiger partial charge in [-0.3, -0.25) is 4.90 Å². The number of benzene rings is 1. The van der Waals surface area contributed by atoms with Crippen molar-refractivity contribution < 1.29 is 9.53 Å². The first kappa shape index (κ1) is 18.6. The largest absolute Gasteiger partial charge is 0.461 e. The van der Waals surface area contributed by atoms with Gasteiger partial charge in [-0.1, -0.05) is 18.6 Å². The van der Waals surface area contributed by atoms with Crippen molar-refractivity contribution in [3.8, 4) is 11.3 Å². The van der Waals surface area contributed by atoms with Crippen LogP contribution in [0, 0.1) is 19.8 Å². The van der Waals surface area contributed by atoms with Crippen molar-refractivity contribution >= 4 is 5.97 Å². The molecule has 140 valence electrons. The Balaban J connectivity index is 1.93. The number of hydrogen-bond acceptors (Lipinski definition) is 5. The second-order valence-electron chi connectivity index (χ2n) is 7.32. The van der Waals surface area contributed by atoms with Gasteiger partial charge in [0.05, 0.1) is 6.61 Å². The molecule has 1 aromatic carbocycles. The van der Waals surface area contributed by atoms with E-state index in [4.69, 9.17) is 4.74 Å². The van der Waals surface area contributed by atoms with Crippen molar-refractivity contribution in [1.29, 1.82) is 0 Å². The predicted molar refractivity (Wildman–Crippen MR) is 101 cm³/mol. The molecule has 1 aromatic heterocycles. The van der Waals surface area contributed by atoms with Crippen molar-refractivity contribution in [3.05, 3.63) is 34.5 Å². The normalized spacial score (nSPS) is 18.1. The summed E-state index contributed by atoms with van der Waals surface area (Å²) in [6.45, 7) is 11.8. The molecule has 0 bridgehead atoms. The van der Waals surface area contributed by atoms with Gasteiger partial charge in [0.15, 0.2) is 5.69 Å². The number of carbonyl (C=O) groups excluding carboxylic acids is 1. The Morgan fingerprint density at radius 2 is 2.15 bits per heavy atom. The van der Waals surface area contributed by atoms with Crippen LogP contribution >= 0.6 is 0 Å². The smallest absolute Gasteiger partial charge is 0.361 e. The Bertz CT molecular complexity index is 784. The molecule has 1 N–H and O–H groups in total. The lowest BCUT2D eigenvalue weighted by atomic mass is 9.94. The van der Waals surface area contributed by atoms with E-state index in [0.717, 1.165) is 42.2 Å². The molecule has 6 heteroatoms. The van der Waals surface area contributed by atoms with E-state index in [2.05, 4.69) is 53.2 Å². The van der Waals surface area contributed by atoms with E-state index in [1.165, 1.54) is 18.4 Å². The summed E-state index contributed by atoms with van der Waals surface area (Å²) >= 11 is 0. The average molecular weight is 356 g/mol. The fourth-order valence-electron chi connectivity index (χ4n) is 3.78. The molecular weight excluding hydrogens is 328 g/mol. The third-order valence-electron chi connectivity index (χ3n) is 5.07. The fraction of sp³-hybridized carbons (Fsp3) is 0.550. The highest BCUT2D eigenvalue weighted by atomic mass is 16.5. The van der Waals surface area contributed by atoms with Gasteiger partial charge >= 0.3 is 5.97 Å². The Morgan fingerprint density at radius 3 is 2.88 bits per heavy atom. The monoisotopic (exact) mass is 356 g/mol. The van der Waals surface area contributed by atoms with Gasteiger partial charge in [-0.2, -0.15) is 10.3 Å². The van der Waals surface area contributed by atoms with Gasteiger partial charge in [-0.05, 0) is 63.3 Å². The van der Waals surface area contributed by atoms with Crippen LogP contribution in [-0.4, -0.2) is 46.0 Å². The number of piperidine rings is 1. The molecule has 26 heavy (non-hydrogen) atoms. The number of aromatic amines is 1. The topological polar surface area (TPSA) is 71.1 Å². The second-order valence-corrected chi connectivity index (χ2v) is 7.32. The molecule has 6 nitrogen and oxygen atoms in total. The van der Waals surface area contributed by atoms with Crippen molar-refractivity contribution in [1.82, 2.24) is 20.3 Å². The van der Waals surface area contributed by atoms with Crippen molar-refractivity contribution in [2.24, 2.45) is 5.92 Å². The molecule has 1 unspecified atom stereocenters. The summed E-state index contributed by atoms with van der Waals surface area (Å²) in [5.74, 6) is 0.308. The lowest BCUT2D eigenvalue weighted by molar-refractivity contribution is 0.0520. The van der Waals surface area contributed by atoms with E-state index in [1.54, 1.807) is 6.92 Å². The van der Waals surface area contributed by atoms with Crippen molar-refractivity contribution in [3.63, 3.8) is 0 Å². The summed E-state index contributed by atoms with van der Waals surface area (Å²) in [7, 11) is 0. The molecule has 2 heterocycles. The van der Waals surface area contributed by atoms with Crippen LogP contribution in [0.25, 0.3) is 11.3 Å². The van der Waals surface area contributed by atoms with Crippen molar-refractivity contribution in [2.75, 3.05) is 19.7 Å². The molecule has 3 rings (SSSR count). The zero-order chi connectivity index (χ0) is 18.7. The van der Waals surface area contributed by atoms with Gasteiger partial charge in [0, 0.05) is 18.7 Å². The lowest BCUT2D eigenvalue weighted by Crippen LogP contribution is -2.34. The number of aromatic nitrogens is 3. The molecule has 0 amide bonds. The summed E-state index contributed by atoms with van der Waals surface area (Å²) < 4.78 is 5.11. The molecule has 1 atom stereocenters. The summed E-state index contributed by atoms with van der Waals surface area (Å²) in [5.41, 5.74) is 5.35. The van der Waals surface area contributed by atoms with E-state index in [9.17, 15) is 4.79 Å². The molecular formula is C20H28N4O2. The fourth-order valence-corrected chi connectivity index (χ4v) is 3.78. The maximum atomic E-state index is 12.2. The Kier molecular flexibility index (Phi) is 5.71. The molecule has 1 fully saturated rings. The zero-order valence-electron chi connectivity index (χ0n) is 16.1. The third kappa shape index (κ3) is 3.96. The second kappa shape index (κ2) is 7.99. The Hall–Kier alpha value is -2.21. The quantitative estimate of drug-likeness (QED) is 0.830. The summed E-state index contributed by atoms with van der Waals surface area (Å²) in [6, 6.07) is 4.31. The number of likely N-dealkylation sites (tertiary alicyclic amines) is 1. The molecule has 2 aromatic rings. The van der Waals surface area contributed by atoms with Gasteiger partial charge < -0.3 is 4.74 Å². The van der Waals surface area contributed by atoms with E-state index in [0.29, 0.717) is 12.3 Å². The number of rotatable bonds is 5. The highest BCUT2D eigenvalue weighted by molar-refractivity contribution is 5.94. The number of hydrogen-bond donors (Lipinski definition) is 1. The number of esters is 1. The Labute approximate surface area is 154 Å². The minimum atomic E-state index is -0.441. The number of nitrogens with one attached hydrogen (secondary N) is 1. The molecule has 0 saturated carbocycles. The molecule has 1 saturated heterocycles. The number of H-pyrrole nitrogens is 1. The number of aryl methyl sites for hydroxylation is 1. The van der Waals surface area contributed by atoms with Crippen LogP contribution in [0.1, 0.15) is 53.9 Å².